The van der Waals surface area contributed by atoms with Gasteiger partial charge in [-0.3, -0.25) is 20.2 Å². The molecule has 1 heterocycles. The van der Waals surface area contributed by atoms with Crippen LogP contribution in [0.2, 0.25) is 0 Å². The number of benzene rings is 1. The van der Waals surface area contributed by atoms with Crippen molar-refractivity contribution in [2.75, 3.05) is 5.32 Å². The van der Waals surface area contributed by atoms with Gasteiger partial charge in [-0.25, -0.2) is 13.5 Å². The quantitative estimate of drug-likeness (QED) is 0.674. The van der Waals surface area contributed by atoms with E-state index >= 15 is 0 Å². The van der Waals surface area contributed by atoms with Crippen molar-refractivity contribution >= 4 is 17.5 Å². The fraction of sp³-hybridized carbons (Fsp3) is 0.100. The van der Waals surface area contributed by atoms with Crippen molar-refractivity contribution in [3.63, 3.8) is 0 Å². The molecule has 8 nitrogen and oxygen atoms in total. The van der Waals surface area contributed by atoms with Crippen LogP contribution in [0.4, 0.5) is 20.4 Å². The maximum absolute atomic E-state index is 13.1. The molecule has 10 heteroatoms. The number of nitrogens with zero attached hydrogens (tertiary/aromatic N) is 4. The first-order valence-corrected chi connectivity index (χ1v) is 5.19. The van der Waals surface area contributed by atoms with Gasteiger partial charge in [0.15, 0.2) is 11.6 Å². The second kappa shape index (κ2) is 4.99. The molecule has 1 aromatic heterocycles. The molecule has 0 aliphatic rings. The Labute approximate surface area is 110 Å². The van der Waals surface area contributed by atoms with Gasteiger partial charge in [-0.05, 0) is 6.07 Å². The van der Waals surface area contributed by atoms with Crippen LogP contribution in [0.1, 0.15) is 10.4 Å². The van der Waals surface area contributed by atoms with Crippen molar-refractivity contribution in [2.45, 2.75) is 0 Å². The van der Waals surface area contributed by atoms with Crippen LogP contribution in [-0.2, 0) is 7.05 Å². The van der Waals surface area contributed by atoms with Crippen molar-refractivity contribution < 1.29 is 18.5 Å². The molecule has 104 valence electrons. The van der Waals surface area contributed by atoms with Gasteiger partial charge in [-0.1, -0.05) is 0 Å². The zero-order valence-electron chi connectivity index (χ0n) is 10.0. The number of amides is 1. The van der Waals surface area contributed by atoms with Crippen LogP contribution in [0.3, 0.4) is 0 Å². The molecule has 0 unspecified atom stereocenters. The second-order valence-electron chi connectivity index (χ2n) is 3.70. The van der Waals surface area contributed by atoms with Crippen LogP contribution in [0, 0.1) is 21.7 Å². The molecule has 0 saturated carbocycles. The number of halogens is 2. The summed E-state index contributed by atoms with van der Waals surface area (Å²) < 4.78 is 27.3. The van der Waals surface area contributed by atoms with Crippen LogP contribution in [0.15, 0.2) is 18.5 Å². The molecule has 0 fully saturated rings. The number of carbonyl (C=O) groups is 1. The van der Waals surface area contributed by atoms with E-state index in [9.17, 15) is 23.7 Å². The smallest absolute Gasteiger partial charge is 0.285 e. The lowest BCUT2D eigenvalue weighted by Gasteiger charge is -2.05. The molecule has 0 spiro atoms. The van der Waals surface area contributed by atoms with Gasteiger partial charge in [0.25, 0.3) is 11.6 Å². The third kappa shape index (κ3) is 2.43. The Bertz CT molecular complexity index is 700. The summed E-state index contributed by atoms with van der Waals surface area (Å²) in [7, 11) is 1.47. The minimum Gasteiger partial charge on any atom is -0.290 e. The monoisotopic (exact) mass is 283 g/mol. The maximum Gasteiger partial charge on any atom is 0.285 e. The normalized spacial score (nSPS) is 10.3. The Kier molecular flexibility index (Phi) is 3.37. The molecule has 0 saturated heterocycles. The van der Waals surface area contributed by atoms with Gasteiger partial charge in [-0.15, -0.1) is 0 Å². The highest BCUT2D eigenvalue weighted by atomic mass is 19.2. The molecule has 1 N–H and O–H groups in total. The first kappa shape index (κ1) is 13.5. The Morgan fingerprint density at radius 2 is 2.05 bits per heavy atom. The molecule has 2 rings (SSSR count). The highest BCUT2D eigenvalue weighted by molar-refractivity contribution is 6.06. The summed E-state index contributed by atoms with van der Waals surface area (Å²) in [4.78, 5) is 25.3. The summed E-state index contributed by atoms with van der Waals surface area (Å²) in [5, 5.41) is 16.6. The Balaban J connectivity index is 2.41. The van der Waals surface area contributed by atoms with Crippen LogP contribution in [-0.4, -0.2) is 25.6 Å². The van der Waals surface area contributed by atoms with E-state index in [1.165, 1.54) is 11.7 Å². The predicted molar refractivity (Wildman–Crippen MR) is 62.0 cm³/mol. The SMILES string of the molecule is Cn1ncnc1NC(=O)c1cc(F)c(F)cc1[N+](=O)[O-]. The number of rotatable bonds is 3. The summed E-state index contributed by atoms with van der Waals surface area (Å²) in [5.74, 6) is -3.76. The number of nitro benzene ring substituents is 1. The largest absolute Gasteiger partial charge is 0.290 e. The van der Waals surface area contributed by atoms with Crippen LogP contribution in [0.25, 0.3) is 0 Å². The molecule has 2 aromatic rings. The molecule has 0 radical (unpaired) electrons. The van der Waals surface area contributed by atoms with Crippen molar-refractivity contribution in [1.29, 1.82) is 0 Å². The number of carbonyl (C=O) groups excluding carboxylic acids is 1. The number of hydrogen-bond donors (Lipinski definition) is 1. The highest BCUT2D eigenvalue weighted by Crippen LogP contribution is 2.23. The van der Waals surface area contributed by atoms with E-state index in [1.807, 2.05) is 0 Å². The molecule has 1 amide bonds. The Morgan fingerprint density at radius 3 is 2.60 bits per heavy atom. The van der Waals surface area contributed by atoms with Gasteiger partial charge >= 0.3 is 0 Å². The molecule has 0 aliphatic carbocycles. The lowest BCUT2D eigenvalue weighted by Crippen LogP contribution is -2.17. The zero-order valence-corrected chi connectivity index (χ0v) is 10.0. The topological polar surface area (TPSA) is 103 Å². The van der Waals surface area contributed by atoms with E-state index in [0.717, 1.165) is 6.33 Å². The molecular formula is C10H7F2N5O3. The number of anilines is 1. The summed E-state index contributed by atoms with van der Waals surface area (Å²) in [6, 6.07) is 0.806. The number of hydrogen-bond acceptors (Lipinski definition) is 5. The fourth-order valence-electron chi connectivity index (χ4n) is 1.45. The average Bonchev–Trinajstić information content (AvgIpc) is 2.77. The van der Waals surface area contributed by atoms with E-state index < -0.39 is 33.7 Å². The molecule has 0 aliphatic heterocycles. The van der Waals surface area contributed by atoms with Gasteiger partial charge < -0.3 is 0 Å². The summed E-state index contributed by atoms with van der Waals surface area (Å²) >= 11 is 0. The van der Waals surface area contributed by atoms with Gasteiger partial charge in [0.05, 0.1) is 11.0 Å². The fourth-order valence-corrected chi connectivity index (χ4v) is 1.45. The van der Waals surface area contributed by atoms with Crippen molar-refractivity contribution in [2.24, 2.45) is 7.05 Å². The minimum absolute atomic E-state index is 0.00836. The number of aromatic nitrogens is 3. The van der Waals surface area contributed by atoms with Gasteiger partial charge in [0, 0.05) is 7.05 Å². The molecule has 0 atom stereocenters. The van der Waals surface area contributed by atoms with Crippen molar-refractivity contribution in [3.8, 4) is 0 Å². The third-order valence-electron chi connectivity index (χ3n) is 2.42. The summed E-state index contributed by atoms with van der Waals surface area (Å²) in [6.07, 6.45) is 1.15. The van der Waals surface area contributed by atoms with Crippen LogP contribution < -0.4 is 5.32 Å². The summed E-state index contributed by atoms with van der Waals surface area (Å²) in [6.45, 7) is 0. The molecular weight excluding hydrogens is 276 g/mol. The van der Waals surface area contributed by atoms with Crippen LogP contribution >= 0.6 is 0 Å². The standard InChI is InChI=1S/C10H7F2N5O3/c1-16-10(13-4-14-16)15-9(18)5-2-6(11)7(12)3-8(5)17(19)20/h2-4H,1H3,(H,13,14,15,18). The third-order valence-corrected chi connectivity index (χ3v) is 2.42. The number of nitrogens with one attached hydrogen (secondary N) is 1. The highest BCUT2D eigenvalue weighted by Gasteiger charge is 2.24. The lowest BCUT2D eigenvalue weighted by molar-refractivity contribution is -0.385. The van der Waals surface area contributed by atoms with Gasteiger partial charge in [0.2, 0.25) is 5.95 Å². The van der Waals surface area contributed by atoms with E-state index in [-0.39, 0.29) is 5.95 Å². The predicted octanol–water partition coefficient (Wildman–Crippen LogP) is 1.25. The summed E-state index contributed by atoms with van der Waals surface area (Å²) in [5.41, 5.74) is -1.46. The molecule has 1 aromatic carbocycles. The second-order valence-corrected chi connectivity index (χ2v) is 3.70. The lowest BCUT2D eigenvalue weighted by atomic mass is 10.1. The van der Waals surface area contributed by atoms with E-state index in [1.54, 1.807) is 0 Å². The zero-order chi connectivity index (χ0) is 14.9. The van der Waals surface area contributed by atoms with Crippen molar-refractivity contribution in [1.82, 2.24) is 14.8 Å². The molecule has 0 bridgehead atoms. The first-order valence-electron chi connectivity index (χ1n) is 5.19. The van der Waals surface area contributed by atoms with Gasteiger partial charge in [-0.2, -0.15) is 10.1 Å². The molecule has 20 heavy (non-hydrogen) atoms. The number of nitro groups is 1. The maximum atomic E-state index is 13.1. The Hall–Kier alpha value is -2.91. The van der Waals surface area contributed by atoms with E-state index in [4.69, 9.17) is 0 Å². The van der Waals surface area contributed by atoms with E-state index in [2.05, 4.69) is 15.4 Å². The van der Waals surface area contributed by atoms with Gasteiger partial charge in [0.1, 0.15) is 11.9 Å². The minimum atomic E-state index is -1.41. The Morgan fingerprint density at radius 1 is 1.40 bits per heavy atom. The van der Waals surface area contributed by atoms with Crippen LogP contribution in [0.5, 0.6) is 0 Å². The van der Waals surface area contributed by atoms with E-state index in [0.29, 0.717) is 12.1 Å². The average molecular weight is 283 g/mol. The van der Waals surface area contributed by atoms with Crippen molar-refractivity contribution in [3.05, 3.63) is 45.8 Å². The first-order chi connectivity index (χ1) is 9.40. The number of aryl methyl sites for hydroxylation is 1.